The number of likely N-dealkylation sites (tertiary alicyclic amines) is 1. The number of rotatable bonds is 4. The van der Waals surface area contributed by atoms with E-state index in [0.29, 0.717) is 19.1 Å². The summed E-state index contributed by atoms with van der Waals surface area (Å²) in [5.74, 6) is 0.388. The Kier molecular flexibility index (Phi) is 7.07. The minimum atomic E-state index is -0.348. The Labute approximate surface area is 121 Å². The molecule has 6 heteroatoms. The number of ether oxygens (including phenoxy) is 2. The van der Waals surface area contributed by atoms with Crippen LogP contribution in [-0.2, 0) is 14.3 Å². The summed E-state index contributed by atoms with van der Waals surface area (Å²) >= 11 is 0. The number of hydrogen-bond acceptors (Lipinski definition) is 4. The minimum Gasteiger partial charge on any atom is -0.350 e. The fourth-order valence-corrected chi connectivity index (χ4v) is 2.75. The van der Waals surface area contributed by atoms with E-state index >= 15 is 0 Å². The normalized spacial score (nSPS) is 26.0. The van der Waals surface area contributed by atoms with Crippen LogP contribution in [0, 0.1) is 5.92 Å². The van der Waals surface area contributed by atoms with E-state index in [9.17, 15) is 4.79 Å². The fraction of sp³-hybridized carbons (Fsp3) is 0.923. The Balaban J connectivity index is 0.00000180. The molecule has 2 heterocycles. The molecule has 0 aliphatic carbocycles. The van der Waals surface area contributed by atoms with Gasteiger partial charge in [0, 0.05) is 19.0 Å². The smallest absolute Gasteiger partial charge is 0.239 e. The van der Waals surface area contributed by atoms with Crippen LogP contribution < -0.4 is 5.73 Å². The number of nitrogens with two attached hydrogens (primary N) is 1. The maximum atomic E-state index is 12.2. The molecule has 5 nitrogen and oxygen atoms in total. The van der Waals surface area contributed by atoms with E-state index in [0.717, 1.165) is 38.8 Å². The van der Waals surface area contributed by atoms with Crippen molar-refractivity contribution in [2.75, 3.05) is 26.3 Å². The van der Waals surface area contributed by atoms with Gasteiger partial charge in [0.1, 0.15) is 0 Å². The molecule has 2 saturated heterocycles. The third-order valence-corrected chi connectivity index (χ3v) is 3.72. The predicted octanol–water partition coefficient (Wildman–Crippen LogP) is 1.15. The SMILES string of the molecule is CCCC(N)C(=O)N1CCCC(C2OCCO2)C1.Cl. The van der Waals surface area contributed by atoms with Crippen molar-refractivity contribution in [2.45, 2.75) is 44.9 Å². The molecule has 19 heavy (non-hydrogen) atoms. The highest BCUT2D eigenvalue weighted by molar-refractivity contribution is 5.85. The summed E-state index contributed by atoms with van der Waals surface area (Å²) in [6, 6.07) is -0.348. The van der Waals surface area contributed by atoms with Gasteiger partial charge in [0.25, 0.3) is 0 Å². The lowest BCUT2D eigenvalue weighted by atomic mass is 9.96. The van der Waals surface area contributed by atoms with Crippen LogP contribution in [-0.4, -0.2) is 49.4 Å². The molecule has 2 aliphatic rings. The summed E-state index contributed by atoms with van der Waals surface area (Å²) in [6.45, 7) is 4.93. The van der Waals surface area contributed by atoms with Crippen LogP contribution in [0.4, 0.5) is 0 Å². The molecule has 0 aromatic carbocycles. The Bertz CT molecular complexity index is 285. The van der Waals surface area contributed by atoms with E-state index in [1.54, 1.807) is 0 Å². The van der Waals surface area contributed by atoms with Crippen LogP contribution >= 0.6 is 12.4 Å². The number of nitrogens with zero attached hydrogens (tertiary/aromatic N) is 1. The summed E-state index contributed by atoms with van der Waals surface area (Å²) in [7, 11) is 0. The molecule has 0 bridgehead atoms. The molecule has 0 aromatic heterocycles. The maximum absolute atomic E-state index is 12.2. The van der Waals surface area contributed by atoms with E-state index in [1.165, 1.54) is 0 Å². The van der Waals surface area contributed by atoms with E-state index in [1.807, 2.05) is 11.8 Å². The lowest BCUT2D eigenvalue weighted by molar-refractivity contribution is -0.140. The summed E-state index contributed by atoms with van der Waals surface area (Å²) in [5, 5.41) is 0. The number of carbonyl (C=O) groups excluding carboxylic acids is 1. The number of hydrogen-bond donors (Lipinski definition) is 1. The predicted molar refractivity (Wildman–Crippen MR) is 75.1 cm³/mol. The zero-order chi connectivity index (χ0) is 13.0. The summed E-state index contributed by atoms with van der Waals surface area (Å²) in [6.07, 6.45) is 3.66. The highest BCUT2D eigenvalue weighted by atomic mass is 35.5. The molecule has 2 rings (SSSR count). The first-order valence-electron chi connectivity index (χ1n) is 7.00. The van der Waals surface area contributed by atoms with Gasteiger partial charge in [0.15, 0.2) is 6.29 Å². The molecule has 0 spiro atoms. The van der Waals surface area contributed by atoms with Crippen molar-refractivity contribution in [3.05, 3.63) is 0 Å². The van der Waals surface area contributed by atoms with Crippen LogP contribution in [0.3, 0.4) is 0 Å². The highest BCUT2D eigenvalue weighted by Crippen LogP contribution is 2.25. The van der Waals surface area contributed by atoms with Crippen molar-refractivity contribution in [1.82, 2.24) is 4.90 Å². The van der Waals surface area contributed by atoms with Gasteiger partial charge in [0.05, 0.1) is 19.3 Å². The summed E-state index contributed by atoms with van der Waals surface area (Å²) in [4.78, 5) is 14.1. The first-order chi connectivity index (χ1) is 8.72. The molecule has 0 aromatic rings. The molecule has 0 saturated carbocycles. The number of carbonyl (C=O) groups is 1. The van der Waals surface area contributed by atoms with Gasteiger partial charge in [-0.1, -0.05) is 13.3 Å². The maximum Gasteiger partial charge on any atom is 0.239 e. The van der Waals surface area contributed by atoms with Crippen molar-refractivity contribution in [3.63, 3.8) is 0 Å². The molecule has 0 radical (unpaired) electrons. The van der Waals surface area contributed by atoms with Gasteiger partial charge in [-0.05, 0) is 19.3 Å². The molecule has 2 fully saturated rings. The second-order valence-corrected chi connectivity index (χ2v) is 5.19. The first-order valence-corrected chi connectivity index (χ1v) is 7.00. The molecule has 2 unspecified atom stereocenters. The standard InChI is InChI=1S/C13H24N2O3.ClH/c1-2-4-11(14)12(16)15-6-3-5-10(9-15)13-17-7-8-18-13;/h10-11,13H,2-9,14H2,1H3;1H. The lowest BCUT2D eigenvalue weighted by Gasteiger charge is -2.35. The van der Waals surface area contributed by atoms with Crippen LogP contribution in [0.2, 0.25) is 0 Å². The molecule has 2 N–H and O–H groups in total. The lowest BCUT2D eigenvalue weighted by Crippen LogP contribution is -2.49. The van der Waals surface area contributed by atoms with E-state index in [-0.39, 0.29) is 30.6 Å². The topological polar surface area (TPSA) is 64.8 Å². The monoisotopic (exact) mass is 292 g/mol. The van der Waals surface area contributed by atoms with Crippen molar-refractivity contribution < 1.29 is 14.3 Å². The average molecular weight is 293 g/mol. The van der Waals surface area contributed by atoms with Crippen molar-refractivity contribution in [2.24, 2.45) is 11.7 Å². The van der Waals surface area contributed by atoms with E-state index in [2.05, 4.69) is 0 Å². The minimum absolute atomic E-state index is 0. The van der Waals surface area contributed by atoms with Gasteiger partial charge in [-0.15, -0.1) is 12.4 Å². The van der Waals surface area contributed by atoms with E-state index in [4.69, 9.17) is 15.2 Å². The third-order valence-electron chi connectivity index (χ3n) is 3.72. The quantitative estimate of drug-likeness (QED) is 0.844. The zero-order valence-corrected chi connectivity index (χ0v) is 12.4. The molecule has 112 valence electrons. The Morgan fingerprint density at radius 3 is 2.74 bits per heavy atom. The second kappa shape index (κ2) is 8.04. The third kappa shape index (κ3) is 4.31. The number of halogens is 1. The average Bonchev–Trinajstić information content (AvgIpc) is 2.92. The van der Waals surface area contributed by atoms with Gasteiger partial charge in [0.2, 0.25) is 5.91 Å². The molecular formula is C13H25ClN2O3. The molecule has 2 atom stereocenters. The Morgan fingerprint density at radius 2 is 2.11 bits per heavy atom. The number of amides is 1. The van der Waals surface area contributed by atoms with Crippen LogP contribution in [0.1, 0.15) is 32.6 Å². The molecular weight excluding hydrogens is 268 g/mol. The van der Waals surface area contributed by atoms with Gasteiger partial charge < -0.3 is 20.1 Å². The van der Waals surface area contributed by atoms with Crippen molar-refractivity contribution in [1.29, 1.82) is 0 Å². The molecule has 1 amide bonds. The van der Waals surface area contributed by atoms with Crippen LogP contribution in [0.5, 0.6) is 0 Å². The van der Waals surface area contributed by atoms with Gasteiger partial charge >= 0.3 is 0 Å². The van der Waals surface area contributed by atoms with Gasteiger partial charge in [-0.25, -0.2) is 0 Å². The molecule has 2 aliphatic heterocycles. The van der Waals surface area contributed by atoms with Crippen LogP contribution in [0.15, 0.2) is 0 Å². The van der Waals surface area contributed by atoms with E-state index < -0.39 is 0 Å². The zero-order valence-electron chi connectivity index (χ0n) is 11.5. The summed E-state index contributed by atoms with van der Waals surface area (Å²) < 4.78 is 11.1. The second-order valence-electron chi connectivity index (χ2n) is 5.19. The van der Waals surface area contributed by atoms with Crippen molar-refractivity contribution in [3.8, 4) is 0 Å². The van der Waals surface area contributed by atoms with Crippen molar-refractivity contribution >= 4 is 18.3 Å². The number of piperidine rings is 1. The highest BCUT2D eigenvalue weighted by Gasteiger charge is 2.33. The van der Waals surface area contributed by atoms with Crippen LogP contribution in [0.25, 0.3) is 0 Å². The first kappa shape index (κ1) is 16.7. The van der Waals surface area contributed by atoms with Gasteiger partial charge in [-0.2, -0.15) is 0 Å². The Morgan fingerprint density at radius 1 is 1.42 bits per heavy atom. The summed E-state index contributed by atoms with van der Waals surface area (Å²) in [5.41, 5.74) is 5.90. The van der Waals surface area contributed by atoms with Gasteiger partial charge in [-0.3, -0.25) is 4.79 Å². The fourth-order valence-electron chi connectivity index (χ4n) is 2.75. The largest absolute Gasteiger partial charge is 0.350 e. The Hall–Kier alpha value is -0.360.